The third kappa shape index (κ3) is 3.47. The zero-order chi connectivity index (χ0) is 11.4. The Kier molecular flexibility index (Phi) is 4.03. The second kappa shape index (κ2) is 5.07. The van der Waals surface area contributed by atoms with Gasteiger partial charge in [-0.1, -0.05) is 0 Å². The molecule has 0 aromatic carbocycles. The van der Waals surface area contributed by atoms with E-state index in [0.717, 1.165) is 12.4 Å². The molecule has 0 aliphatic heterocycles. The van der Waals surface area contributed by atoms with Crippen LogP contribution in [0.3, 0.4) is 0 Å². The van der Waals surface area contributed by atoms with Crippen LogP contribution in [0.1, 0.15) is 26.1 Å². The number of aryl methyl sites for hydroxylation is 1. The maximum absolute atomic E-state index is 11.0. The summed E-state index contributed by atoms with van der Waals surface area (Å²) in [5.41, 5.74) is 0. The maximum atomic E-state index is 11.0. The number of hydrogen-bond acceptors (Lipinski definition) is 3. The van der Waals surface area contributed by atoms with E-state index in [1.54, 1.807) is 13.1 Å². The summed E-state index contributed by atoms with van der Waals surface area (Å²) in [6.45, 7) is 4.47. The molecule has 1 unspecified atom stereocenters. The van der Waals surface area contributed by atoms with Gasteiger partial charge in [0.1, 0.15) is 11.6 Å². The highest BCUT2D eigenvalue weighted by Gasteiger charge is 2.13. The Labute approximate surface area is 90.9 Å². The zero-order valence-electron chi connectivity index (χ0n) is 9.90. The normalized spacial score (nSPS) is 13.1. The molecular weight excluding hydrogens is 190 g/mol. The average molecular weight is 209 g/mol. The van der Waals surface area contributed by atoms with E-state index in [9.17, 15) is 4.79 Å². The van der Waals surface area contributed by atoms with E-state index in [-0.39, 0.29) is 11.8 Å². The number of carbonyl (C=O) groups is 1. The Hall–Kier alpha value is -1.16. The molecular formula is C11H19N3O. The first-order valence-corrected chi connectivity index (χ1v) is 5.16. The minimum atomic E-state index is 0.231. The Morgan fingerprint density at radius 3 is 2.80 bits per heavy atom. The van der Waals surface area contributed by atoms with Gasteiger partial charge in [0.05, 0.1) is 6.54 Å². The number of ketones is 1. The molecule has 0 N–H and O–H groups in total. The zero-order valence-corrected chi connectivity index (χ0v) is 9.90. The molecule has 0 spiro atoms. The standard InChI is InChI=1S/C11H19N3O/c1-9(7-10(2)15)14(4)8-11-12-5-6-13(11)3/h5-6,9H,7-8H2,1-4H3. The highest BCUT2D eigenvalue weighted by atomic mass is 16.1. The molecule has 1 rings (SSSR count). The summed E-state index contributed by atoms with van der Waals surface area (Å²) in [4.78, 5) is 17.4. The summed E-state index contributed by atoms with van der Waals surface area (Å²) >= 11 is 0. The van der Waals surface area contributed by atoms with E-state index in [2.05, 4.69) is 16.8 Å². The van der Waals surface area contributed by atoms with Crippen molar-refractivity contribution in [2.75, 3.05) is 7.05 Å². The third-order valence-electron chi connectivity index (χ3n) is 2.65. The second-order valence-corrected chi connectivity index (χ2v) is 4.12. The summed E-state index contributed by atoms with van der Waals surface area (Å²) in [6, 6.07) is 0.263. The van der Waals surface area contributed by atoms with Gasteiger partial charge in [0.15, 0.2) is 0 Å². The number of carbonyl (C=O) groups excluding carboxylic acids is 1. The molecule has 0 amide bonds. The van der Waals surface area contributed by atoms with Crippen LogP contribution in [0.25, 0.3) is 0 Å². The third-order valence-corrected chi connectivity index (χ3v) is 2.65. The van der Waals surface area contributed by atoms with Crippen molar-refractivity contribution in [3.8, 4) is 0 Å². The highest BCUT2D eigenvalue weighted by Crippen LogP contribution is 2.06. The SMILES string of the molecule is CC(=O)CC(C)N(C)Cc1nccn1C. The Balaban J connectivity index is 2.52. The lowest BCUT2D eigenvalue weighted by molar-refractivity contribution is -0.118. The van der Waals surface area contributed by atoms with Gasteiger partial charge < -0.3 is 4.57 Å². The van der Waals surface area contributed by atoms with Crippen molar-refractivity contribution in [2.45, 2.75) is 32.9 Å². The smallest absolute Gasteiger partial charge is 0.131 e. The molecule has 0 saturated carbocycles. The van der Waals surface area contributed by atoms with Gasteiger partial charge in [0.25, 0.3) is 0 Å². The molecule has 84 valence electrons. The van der Waals surface area contributed by atoms with E-state index in [0.29, 0.717) is 6.42 Å². The first kappa shape index (κ1) is 11.9. The van der Waals surface area contributed by atoms with Gasteiger partial charge in [0, 0.05) is 31.9 Å². The van der Waals surface area contributed by atoms with Crippen LogP contribution in [0.15, 0.2) is 12.4 Å². The predicted molar refractivity (Wildman–Crippen MR) is 59.4 cm³/mol. The van der Waals surface area contributed by atoms with Crippen LogP contribution in [0.2, 0.25) is 0 Å². The lowest BCUT2D eigenvalue weighted by Crippen LogP contribution is -2.31. The summed E-state index contributed by atoms with van der Waals surface area (Å²) in [7, 11) is 3.99. The van der Waals surface area contributed by atoms with Gasteiger partial charge in [-0.3, -0.25) is 9.69 Å². The molecule has 0 bridgehead atoms. The van der Waals surface area contributed by atoms with Gasteiger partial charge in [-0.05, 0) is 20.9 Å². The van der Waals surface area contributed by atoms with E-state index in [1.807, 2.05) is 24.9 Å². The fourth-order valence-electron chi connectivity index (χ4n) is 1.50. The van der Waals surface area contributed by atoms with Crippen molar-refractivity contribution in [2.24, 2.45) is 7.05 Å². The molecule has 0 radical (unpaired) electrons. The molecule has 4 heteroatoms. The monoisotopic (exact) mass is 209 g/mol. The molecule has 1 aromatic heterocycles. The van der Waals surface area contributed by atoms with Crippen LogP contribution in [0.5, 0.6) is 0 Å². The number of aromatic nitrogens is 2. The van der Waals surface area contributed by atoms with Crippen LogP contribution >= 0.6 is 0 Å². The minimum absolute atomic E-state index is 0.231. The largest absolute Gasteiger partial charge is 0.337 e. The molecule has 1 aromatic rings. The number of hydrogen-bond donors (Lipinski definition) is 0. The summed E-state index contributed by atoms with van der Waals surface area (Å²) < 4.78 is 2.00. The van der Waals surface area contributed by atoms with E-state index >= 15 is 0 Å². The van der Waals surface area contributed by atoms with Crippen LogP contribution in [0, 0.1) is 0 Å². The fourth-order valence-corrected chi connectivity index (χ4v) is 1.50. The molecule has 4 nitrogen and oxygen atoms in total. The number of nitrogens with zero attached hydrogens (tertiary/aromatic N) is 3. The van der Waals surface area contributed by atoms with Crippen LogP contribution in [-0.4, -0.2) is 33.3 Å². The number of imidazole rings is 1. The average Bonchev–Trinajstić information content (AvgIpc) is 2.50. The quantitative estimate of drug-likeness (QED) is 0.732. The van der Waals surface area contributed by atoms with Gasteiger partial charge >= 0.3 is 0 Å². The summed E-state index contributed by atoms with van der Waals surface area (Å²) in [6.07, 6.45) is 4.32. The Morgan fingerprint density at radius 1 is 1.67 bits per heavy atom. The van der Waals surface area contributed by atoms with E-state index in [4.69, 9.17) is 0 Å². The first-order chi connectivity index (χ1) is 7.00. The Bertz CT molecular complexity index is 332. The predicted octanol–water partition coefficient (Wildman–Crippen LogP) is 1.22. The molecule has 0 aliphatic carbocycles. The van der Waals surface area contributed by atoms with Crippen molar-refractivity contribution in [1.82, 2.24) is 14.5 Å². The van der Waals surface area contributed by atoms with Gasteiger partial charge in [-0.25, -0.2) is 4.98 Å². The highest BCUT2D eigenvalue weighted by molar-refractivity contribution is 5.76. The van der Waals surface area contributed by atoms with Crippen LogP contribution < -0.4 is 0 Å². The molecule has 0 aliphatic rings. The maximum Gasteiger partial charge on any atom is 0.131 e. The number of rotatable bonds is 5. The van der Waals surface area contributed by atoms with Gasteiger partial charge in [-0.15, -0.1) is 0 Å². The van der Waals surface area contributed by atoms with E-state index in [1.165, 1.54) is 0 Å². The molecule has 0 saturated heterocycles. The summed E-state index contributed by atoms with van der Waals surface area (Å²) in [5, 5.41) is 0. The summed E-state index contributed by atoms with van der Waals surface area (Å²) in [5.74, 6) is 1.25. The number of Topliss-reactive ketones (excluding diaryl/α,β-unsaturated/α-hetero) is 1. The van der Waals surface area contributed by atoms with Crippen molar-refractivity contribution >= 4 is 5.78 Å². The first-order valence-electron chi connectivity index (χ1n) is 5.16. The van der Waals surface area contributed by atoms with Crippen LogP contribution in [0.4, 0.5) is 0 Å². The fraction of sp³-hybridized carbons (Fsp3) is 0.636. The molecule has 15 heavy (non-hydrogen) atoms. The van der Waals surface area contributed by atoms with Gasteiger partial charge in [-0.2, -0.15) is 0 Å². The second-order valence-electron chi connectivity index (χ2n) is 4.12. The van der Waals surface area contributed by atoms with Crippen LogP contribution in [-0.2, 0) is 18.4 Å². The minimum Gasteiger partial charge on any atom is -0.337 e. The Morgan fingerprint density at radius 2 is 2.33 bits per heavy atom. The van der Waals surface area contributed by atoms with Crippen molar-refractivity contribution in [3.63, 3.8) is 0 Å². The van der Waals surface area contributed by atoms with Gasteiger partial charge in [0.2, 0.25) is 0 Å². The molecule has 0 fully saturated rings. The van der Waals surface area contributed by atoms with Crippen molar-refractivity contribution in [3.05, 3.63) is 18.2 Å². The molecule has 1 heterocycles. The van der Waals surface area contributed by atoms with Crippen molar-refractivity contribution < 1.29 is 4.79 Å². The van der Waals surface area contributed by atoms with E-state index < -0.39 is 0 Å². The molecule has 1 atom stereocenters. The lowest BCUT2D eigenvalue weighted by Gasteiger charge is -2.23. The lowest BCUT2D eigenvalue weighted by atomic mass is 10.1. The van der Waals surface area contributed by atoms with Crippen molar-refractivity contribution in [1.29, 1.82) is 0 Å². The topological polar surface area (TPSA) is 38.1 Å².